The molecule has 1 unspecified atom stereocenters. The molecule has 1 rings (SSSR count). The van der Waals surface area contributed by atoms with Gasteiger partial charge in [-0.05, 0) is 25.4 Å². The molecule has 122 valence electrons. The van der Waals surface area contributed by atoms with Crippen molar-refractivity contribution >= 4 is 21.8 Å². The van der Waals surface area contributed by atoms with Gasteiger partial charge in [-0.3, -0.25) is 5.10 Å². The molecular weight excluding hydrogens is 308 g/mol. The molecule has 0 saturated heterocycles. The van der Waals surface area contributed by atoms with Gasteiger partial charge < -0.3 is 5.32 Å². The predicted octanol–water partition coefficient (Wildman–Crippen LogP) is 1.67. The fraction of sp³-hybridized carbons (Fsp3) is 0.769. The molecule has 0 aliphatic rings. The van der Waals surface area contributed by atoms with Gasteiger partial charge in [-0.25, -0.2) is 8.42 Å². The second-order valence-electron chi connectivity index (χ2n) is 5.41. The second-order valence-corrected chi connectivity index (χ2v) is 8.33. The topological polar surface area (TPSA) is 78.1 Å². The largest absolute Gasteiger partial charge is 0.310 e. The molecule has 0 amide bonds. The fourth-order valence-corrected chi connectivity index (χ4v) is 3.88. The van der Waals surface area contributed by atoms with Gasteiger partial charge in [-0.2, -0.15) is 21.2 Å². The van der Waals surface area contributed by atoms with E-state index in [1.165, 1.54) is 4.31 Å². The molecule has 0 aliphatic heterocycles. The Balaban J connectivity index is 2.89. The molecule has 0 saturated carbocycles. The van der Waals surface area contributed by atoms with Gasteiger partial charge in [0.2, 0.25) is 0 Å². The Morgan fingerprint density at radius 2 is 2.10 bits per heavy atom. The molecule has 1 aromatic rings. The summed E-state index contributed by atoms with van der Waals surface area (Å²) in [4.78, 5) is 0. The number of nitrogens with one attached hydrogen (secondary N) is 2. The summed E-state index contributed by atoms with van der Waals surface area (Å²) < 4.78 is 26.8. The highest BCUT2D eigenvalue weighted by Crippen LogP contribution is 2.20. The highest BCUT2D eigenvalue weighted by Gasteiger charge is 2.29. The first-order valence-electron chi connectivity index (χ1n) is 7.03. The minimum atomic E-state index is -3.54. The van der Waals surface area contributed by atoms with Crippen LogP contribution < -0.4 is 5.32 Å². The molecule has 0 bridgehead atoms. The van der Waals surface area contributed by atoms with E-state index in [1.807, 2.05) is 27.0 Å². The molecule has 21 heavy (non-hydrogen) atoms. The average molecular weight is 335 g/mol. The van der Waals surface area contributed by atoms with Crippen LogP contribution in [0.3, 0.4) is 0 Å². The summed E-state index contributed by atoms with van der Waals surface area (Å²) in [5.74, 6) is 0.936. The Labute approximate surface area is 132 Å². The molecule has 1 heterocycles. The normalized spacial score (nSPS) is 14.0. The van der Waals surface area contributed by atoms with Crippen molar-refractivity contribution in [3.05, 3.63) is 11.8 Å². The minimum absolute atomic E-state index is 0.0448. The van der Waals surface area contributed by atoms with Crippen LogP contribution in [0, 0.1) is 0 Å². The predicted molar refractivity (Wildman–Crippen MR) is 88.0 cm³/mol. The number of thioether (sulfide) groups is 1. The first kappa shape index (κ1) is 18.5. The van der Waals surface area contributed by atoms with Crippen molar-refractivity contribution < 1.29 is 8.42 Å². The van der Waals surface area contributed by atoms with Gasteiger partial charge in [-0.15, -0.1) is 0 Å². The van der Waals surface area contributed by atoms with E-state index in [4.69, 9.17) is 0 Å². The van der Waals surface area contributed by atoms with Gasteiger partial charge in [0.05, 0.1) is 6.20 Å². The number of hydrogen-bond donors (Lipinski definition) is 2. The standard InChI is InChI=1S/C13H26N4O2S2/c1-10(2)14-8-12-9-15-16-13(12)21(18,19)17(4)11(3)6-7-20-5/h9-11,14H,6-8H2,1-5H3,(H,15,16). The molecule has 0 spiro atoms. The van der Waals surface area contributed by atoms with Crippen molar-refractivity contribution in [2.45, 2.75) is 50.8 Å². The maximum absolute atomic E-state index is 12.7. The van der Waals surface area contributed by atoms with E-state index in [0.29, 0.717) is 12.1 Å². The third-order valence-electron chi connectivity index (χ3n) is 3.38. The molecule has 0 radical (unpaired) electrons. The third-order valence-corrected chi connectivity index (χ3v) is 6.01. The van der Waals surface area contributed by atoms with Crippen LogP contribution in [0.15, 0.2) is 11.2 Å². The number of aromatic amines is 1. The number of hydrogen-bond acceptors (Lipinski definition) is 5. The summed E-state index contributed by atoms with van der Waals surface area (Å²) in [6, 6.07) is 0.241. The van der Waals surface area contributed by atoms with E-state index in [0.717, 1.165) is 12.2 Å². The van der Waals surface area contributed by atoms with Gasteiger partial charge in [0.25, 0.3) is 10.0 Å². The van der Waals surface area contributed by atoms with Crippen LogP contribution in [0.5, 0.6) is 0 Å². The van der Waals surface area contributed by atoms with E-state index in [1.54, 1.807) is 25.0 Å². The van der Waals surface area contributed by atoms with Crippen LogP contribution in [0.2, 0.25) is 0 Å². The molecule has 1 atom stereocenters. The first-order chi connectivity index (χ1) is 9.80. The lowest BCUT2D eigenvalue weighted by molar-refractivity contribution is 0.380. The number of nitrogens with zero attached hydrogens (tertiary/aromatic N) is 2. The van der Waals surface area contributed by atoms with E-state index >= 15 is 0 Å². The molecular formula is C13H26N4O2S2. The smallest absolute Gasteiger partial charge is 0.260 e. The van der Waals surface area contributed by atoms with E-state index in [9.17, 15) is 8.42 Å². The van der Waals surface area contributed by atoms with Crippen LogP contribution in [-0.4, -0.2) is 54.1 Å². The van der Waals surface area contributed by atoms with Crippen LogP contribution >= 0.6 is 11.8 Å². The Morgan fingerprint density at radius 3 is 2.67 bits per heavy atom. The molecule has 0 aliphatic carbocycles. The number of sulfonamides is 1. The summed E-state index contributed by atoms with van der Waals surface area (Å²) in [6.07, 6.45) is 4.42. The molecule has 8 heteroatoms. The van der Waals surface area contributed by atoms with Crippen molar-refractivity contribution in [2.24, 2.45) is 0 Å². The highest BCUT2D eigenvalue weighted by molar-refractivity contribution is 7.98. The zero-order valence-electron chi connectivity index (χ0n) is 13.4. The van der Waals surface area contributed by atoms with Gasteiger partial charge in [-0.1, -0.05) is 13.8 Å². The van der Waals surface area contributed by atoms with Crippen LogP contribution in [0.4, 0.5) is 0 Å². The van der Waals surface area contributed by atoms with E-state index in [2.05, 4.69) is 15.5 Å². The molecule has 0 fully saturated rings. The van der Waals surface area contributed by atoms with E-state index in [-0.39, 0.29) is 17.1 Å². The van der Waals surface area contributed by atoms with Crippen molar-refractivity contribution in [2.75, 3.05) is 19.1 Å². The Bertz CT molecular complexity index is 528. The zero-order valence-corrected chi connectivity index (χ0v) is 15.0. The van der Waals surface area contributed by atoms with Crippen LogP contribution in [0.1, 0.15) is 32.8 Å². The molecule has 1 aromatic heterocycles. The maximum atomic E-state index is 12.7. The van der Waals surface area contributed by atoms with Crippen molar-refractivity contribution in [3.8, 4) is 0 Å². The van der Waals surface area contributed by atoms with Crippen LogP contribution in [0.25, 0.3) is 0 Å². The first-order valence-corrected chi connectivity index (χ1v) is 9.86. The minimum Gasteiger partial charge on any atom is -0.310 e. The highest BCUT2D eigenvalue weighted by atomic mass is 32.2. The van der Waals surface area contributed by atoms with Crippen molar-refractivity contribution in [1.82, 2.24) is 19.8 Å². The third kappa shape index (κ3) is 4.98. The Morgan fingerprint density at radius 1 is 1.43 bits per heavy atom. The van der Waals surface area contributed by atoms with Gasteiger partial charge in [0, 0.05) is 31.2 Å². The van der Waals surface area contributed by atoms with Crippen molar-refractivity contribution in [1.29, 1.82) is 0 Å². The lowest BCUT2D eigenvalue weighted by Gasteiger charge is -2.24. The van der Waals surface area contributed by atoms with Crippen LogP contribution in [-0.2, 0) is 16.6 Å². The Kier molecular flexibility index (Phi) is 7.19. The lowest BCUT2D eigenvalue weighted by Crippen LogP contribution is -2.36. The Hall–Kier alpha value is -0.570. The van der Waals surface area contributed by atoms with Crippen molar-refractivity contribution in [3.63, 3.8) is 0 Å². The lowest BCUT2D eigenvalue weighted by atomic mass is 10.3. The number of H-pyrrole nitrogens is 1. The maximum Gasteiger partial charge on any atom is 0.260 e. The average Bonchev–Trinajstić information content (AvgIpc) is 2.90. The monoisotopic (exact) mass is 334 g/mol. The number of aromatic nitrogens is 2. The SMILES string of the molecule is CSCCC(C)N(C)S(=O)(=O)c1[nH]ncc1CNC(C)C. The van der Waals surface area contributed by atoms with Gasteiger partial charge >= 0.3 is 0 Å². The molecule has 6 nitrogen and oxygen atoms in total. The zero-order chi connectivity index (χ0) is 16.0. The van der Waals surface area contributed by atoms with Gasteiger partial charge in [0.1, 0.15) is 0 Å². The molecule has 2 N–H and O–H groups in total. The summed E-state index contributed by atoms with van der Waals surface area (Å²) in [7, 11) is -1.91. The summed E-state index contributed by atoms with van der Waals surface area (Å²) in [6.45, 7) is 6.45. The van der Waals surface area contributed by atoms with Gasteiger partial charge in [0.15, 0.2) is 5.03 Å². The quantitative estimate of drug-likeness (QED) is 0.718. The molecule has 0 aromatic carbocycles. The summed E-state index contributed by atoms with van der Waals surface area (Å²) in [5, 5.41) is 9.94. The summed E-state index contributed by atoms with van der Waals surface area (Å²) in [5.41, 5.74) is 0.674. The number of rotatable bonds is 9. The van der Waals surface area contributed by atoms with E-state index < -0.39 is 10.0 Å². The fourth-order valence-electron chi connectivity index (χ4n) is 1.81. The second kappa shape index (κ2) is 8.17. The summed E-state index contributed by atoms with van der Waals surface area (Å²) >= 11 is 1.72.